The summed E-state index contributed by atoms with van der Waals surface area (Å²) >= 11 is 0. The van der Waals surface area contributed by atoms with Crippen molar-refractivity contribution in [2.24, 2.45) is 5.84 Å². The maximum atomic E-state index is 12.7. The first-order valence-corrected chi connectivity index (χ1v) is 6.93. The van der Waals surface area contributed by atoms with Gasteiger partial charge in [0.25, 0.3) is 11.8 Å². The third-order valence-electron chi connectivity index (χ3n) is 3.87. The lowest BCUT2D eigenvalue weighted by Crippen LogP contribution is -2.68. The Morgan fingerprint density at radius 3 is 2.24 bits per heavy atom. The molecule has 21 heavy (non-hydrogen) atoms. The van der Waals surface area contributed by atoms with E-state index < -0.39 is 17.5 Å². The van der Waals surface area contributed by atoms with Crippen molar-refractivity contribution in [3.05, 3.63) is 0 Å². The van der Waals surface area contributed by atoms with Gasteiger partial charge in [-0.3, -0.25) is 19.9 Å². The summed E-state index contributed by atoms with van der Waals surface area (Å²) in [4.78, 5) is 37.1. The number of nitrogens with zero attached hydrogens (tertiary/aromatic N) is 1. The molecule has 2 heterocycles. The van der Waals surface area contributed by atoms with Crippen molar-refractivity contribution in [2.75, 3.05) is 6.54 Å². The van der Waals surface area contributed by atoms with E-state index in [9.17, 15) is 14.4 Å². The number of carbonyl (C=O) groups excluding carboxylic acids is 3. The molecule has 2 saturated heterocycles. The lowest BCUT2D eigenvalue weighted by atomic mass is 9.71. The number of urea groups is 1. The number of hydrazine groups is 1. The number of hydrogen-bond donors (Lipinski definition) is 4. The van der Waals surface area contributed by atoms with E-state index in [4.69, 9.17) is 5.84 Å². The normalized spacial score (nSPS) is 25.9. The van der Waals surface area contributed by atoms with Gasteiger partial charge in [0.2, 0.25) is 0 Å². The highest BCUT2D eigenvalue weighted by Crippen LogP contribution is 2.39. The lowest BCUT2D eigenvalue weighted by molar-refractivity contribution is -0.137. The van der Waals surface area contributed by atoms with E-state index in [0.29, 0.717) is 12.8 Å². The lowest BCUT2D eigenvalue weighted by Gasteiger charge is -2.50. The number of piperidine rings is 1. The topological polar surface area (TPSA) is 117 Å². The summed E-state index contributed by atoms with van der Waals surface area (Å²) < 4.78 is 0. The summed E-state index contributed by atoms with van der Waals surface area (Å²) in [7, 11) is 0. The molecule has 2 aliphatic heterocycles. The molecule has 118 valence electrons. The van der Waals surface area contributed by atoms with Gasteiger partial charge in [0, 0.05) is 11.1 Å². The zero-order valence-corrected chi connectivity index (χ0v) is 12.9. The van der Waals surface area contributed by atoms with Crippen LogP contribution in [0.5, 0.6) is 0 Å². The fourth-order valence-corrected chi connectivity index (χ4v) is 3.82. The minimum absolute atomic E-state index is 0.309. The van der Waals surface area contributed by atoms with Crippen molar-refractivity contribution in [3.8, 4) is 0 Å². The summed E-state index contributed by atoms with van der Waals surface area (Å²) in [6.45, 7) is 7.60. The number of rotatable bonds is 2. The molecule has 2 rings (SSSR count). The summed E-state index contributed by atoms with van der Waals surface area (Å²) in [6, 6.07) is -0.544. The summed E-state index contributed by atoms with van der Waals surface area (Å²) in [6.07, 6.45) is 0.934. The largest absolute Gasteiger partial charge is 0.325 e. The molecule has 0 bridgehead atoms. The van der Waals surface area contributed by atoms with E-state index >= 15 is 0 Å². The van der Waals surface area contributed by atoms with Gasteiger partial charge in [0.1, 0.15) is 12.1 Å². The minimum Gasteiger partial charge on any atom is -0.323 e. The molecule has 0 aliphatic carbocycles. The molecule has 0 aromatic heterocycles. The van der Waals surface area contributed by atoms with Crippen LogP contribution in [-0.2, 0) is 9.59 Å². The molecule has 2 fully saturated rings. The molecule has 0 atom stereocenters. The fourth-order valence-electron chi connectivity index (χ4n) is 3.82. The van der Waals surface area contributed by atoms with E-state index in [1.54, 1.807) is 0 Å². The molecule has 1 spiro atoms. The Kier molecular flexibility index (Phi) is 3.50. The molecule has 0 saturated carbocycles. The Balaban J connectivity index is 2.30. The quantitative estimate of drug-likeness (QED) is 0.231. The van der Waals surface area contributed by atoms with Crippen molar-refractivity contribution < 1.29 is 14.4 Å². The van der Waals surface area contributed by atoms with Crippen LogP contribution in [0.2, 0.25) is 0 Å². The van der Waals surface area contributed by atoms with E-state index in [1.165, 1.54) is 0 Å². The Labute approximate surface area is 123 Å². The predicted molar refractivity (Wildman–Crippen MR) is 75.8 cm³/mol. The first-order valence-electron chi connectivity index (χ1n) is 6.93. The number of imide groups is 1. The molecule has 0 aromatic rings. The van der Waals surface area contributed by atoms with Gasteiger partial charge in [-0.15, -0.1) is 0 Å². The van der Waals surface area contributed by atoms with Gasteiger partial charge in [0.05, 0.1) is 0 Å². The number of carbonyl (C=O) groups is 3. The first-order chi connectivity index (χ1) is 9.50. The highest BCUT2D eigenvalue weighted by Gasteiger charge is 2.58. The second kappa shape index (κ2) is 4.67. The second-order valence-electron chi connectivity index (χ2n) is 7.22. The van der Waals surface area contributed by atoms with E-state index in [1.807, 2.05) is 33.1 Å². The molecule has 0 unspecified atom stereocenters. The van der Waals surface area contributed by atoms with Gasteiger partial charge >= 0.3 is 6.03 Å². The van der Waals surface area contributed by atoms with Gasteiger partial charge in [0.15, 0.2) is 0 Å². The average Bonchev–Trinajstić information content (AvgIpc) is 2.48. The zero-order chi connectivity index (χ0) is 16.1. The Bertz CT molecular complexity index is 484. The third-order valence-corrected chi connectivity index (χ3v) is 3.87. The molecule has 0 radical (unpaired) electrons. The highest BCUT2D eigenvalue weighted by molar-refractivity contribution is 6.09. The Morgan fingerprint density at radius 2 is 1.76 bits per heavy atom. The molecule has 8 nitrogen and oxygen atoms in total. The molecular formula is C13H23N5O3. The van der Waals surface area contributed by atoms with Crippen molar-refractivity contribution in [3.63, 3.8) is 0 Å². The monoisotopic (exact) mass is 297 g/mol. The number of amides is 4. The summed E-state index contributed by atoms with van der Waals surface area (Å²) in [5.74, 6) is 4.08. The first kappa shape index (κ1) is 15.7. The SMILES string of the molecule is CC1(C)CC2(CC(C)(C)N1)NC(=O)N(CC(=O)NN)C2=O. The van der Waals surface area contributed by atoms with Crippen molar-refractivity contribution in [2.45, 2.75) is 57.2 Å². The van der Waals surface area contributed by atoms with Crippen LogP contribution < -0.4 is 21.9 Å². The van der Waals surface area contributed by atoms with Crippen LogP contribution in [0.1, 0.15) is 40.5 Å². The van der Waals surface area contributed by atoms with Crippen LogP contribution in [0.25, 0.3) is 0 Å². The van der Waals surface area contributed by atoms with E-state index in [-0.39, 0.29) is 23.5 Å². The molecule has 5 N–H and O–H groups in total. The van der Waals surface area contributed by atoms with Crippen molar-refractivity contribution in [1.29, 1.82) is 0 Å². The number of hydrogen-bond acceptors (Lipinski definition) is 5. The summed E-state index contributed by atoms with van der Waals surface area (Å²) in [5.41, 5.74) is 0.346. The Hall–Kier alpha value is -1.67. The van der Waals surface area contributed by atoms with Gasteiger partial charge in [-0.05, 0) is 40.5 Å². The minimum atomic E-state index is -0.968. The van der Waals surface area contributed by atoms with Crippen LogP contribution in [0.3, 0.4) is 0 Å². The molecular weight excluding hydrogens is 274 g/mol. The van der Waals surface area contributed by atoms with Crippen LogP contribution in [-0.4, -0.2) is 45.9 Å². The van der Waals surface area contributed by atoms with Crippen molar-refractivity contribution in [1.82, 2.24) is 21.0 Å². The fraction of sp³-hybridized carbons (Fsp3) is 0.769. The van der Waals surface area contributed by atoms with Crippen LogP contribution in [0.15, 0.2) is 0 Å². The summed E-state index contributed by atoms with van der Waals surface area (Å²) in [5, 5.41) is 6.25. The van der Waals surface area contributed by atoms with Gasteiger partial charge < -0.3 is 10.6 Å². The molecule has 0 aromatic carbocycles. The maximum absolute atomic E-state index is 12.7. The van der Waals surface area contributed by atoms with Gasteiger partial charge in [-0.25, -0.2) is 10.6 Å². The van der Waals surface area contributed by atoms with E-state index in [0.717, 1.165) is 4.90 Å². The second-order valence-corrected chi connectivity index (χ2v) is 7.22. The average molecular weight is 297 g/mol. The Morgan fingerprint density at radius 1 is 1.24 bits per heavy atom. The molecule has 4 amide bonds. The van der Waals surface area contributed by atoms with E-state index in [2.05, 4.69) is 10.6 Å². The van der Waals surface area contributed by atoms with Crippen LogP contribution >= 0.6 is 0 Å². The molecule has 2 aliphatic rings. The third kappa shape index (κ3) is 2.86. The van der Waals surface area contributed by atoms with Crippen molar-refractivity contribution >= 4 is 17.8 Å². The van der Waals surface area contributed by atoms with Gasteiger partial charge in [-0.1, -0.05) is 0 Å². The maximum Gasteiger partial charge on any atom is 0.325 e. The highest BCUT2D eigenvalue weighted by atomic mass is 16.2. The number of nitrogens with one attached hydrogen (secondary N) is 3. The standard InChI is InChI=1S/C13H23N5O3/c1-11(2)6-13(7-12(3,4)17-11)9(20)18(10(21)15-13)5-8(19)16-14/h17H,5-7,14H2,1-4H3,(H,15,21)(H,16,19). The van der Waals surface area contributed by atoms with Crippen LogP contribution in [0, 0.1) is 0 Å². The van der Waals surface area contributed by atoms with Gasteiger partial charge in [-0.2, -0.15) is 0 Å². The predicted octanol–water partition coefficient (Wildman–Crippen LogP) is -0.792. The van der Waals surface area contributed by atoms with Crippen LogP contribution in [0.4, 0.5) is 4.79 Å². The molecule has 8 heteroatoms. The smallest absolute Gasteiger partial charge is 0.323 e. The number of nitrogens with two attached hydrogens (primary N) is 1. The zero-order valence-electron chi connectivity index (χ0n) is 12.9.